The molecule has 1 saturated carbocycles. The standard InChI is InChI=1S/C30H43N3O2.C2H6.CH4/c1-7-33(29(34)22-10-9-11-24(16-22)35-8-2)23-13-12-21-17-26(32-27(21)18-23)20(3)25-14-15-30(4,5)19-28(25)31-6;1-2;/h12-13,17-18,22,24,31-32H,3,7-11,14-16,19H2,1-2,4-6H3;1-2H3;1H4. The van der Waals surface area contributed by atoms with Crippen molar-refractivity contribution < 1.29 is 9.53 Å². The number of fused-ring (bicyclic) bond motifs is 1. The average molecular weight is 524 g/mol. The van der Waals surface area contributed by atoms with Crippen LogP contribution < -0.4 is 10.2 Å². The molecule has 0 spiro atoms. The number of aromatic nitrogens is 1. The van der Waals surface area contributed by atoms with Gasteiger partial charge >= 0.3 is 0 Å². The minimum absolute atomic E-state index is 0. The topological polar surface area (TPSA) is 57.4 Å². The Morgan fingerprint density at radius 2 is 1.95 bits per heavy atom. The number of hydrogen-bond donors (Lipinski definition) is 2. The summed E-state index contributed by atoms with van der Waals surface area (Å²) in [7, 11) is 2.01. The maximum atomic E-state index is 13.5. The van der Waals surface area contributed by atoms with Crippen molar-refractivity contribution in [3.63, 3.8) is 0 Å². The van der Waals surface area contributed by atoms with Crippen molar-refractivity contribution in [3.05, 3.63) is 47.8 Å². The van der Waals surface area contributed by atoms with Crippen molar-refractivity contribution in [3.8, 4) is 0 Å². The quantitative estimate of drug-likeness (QED) is 0.365. The van der Waals surface area contributed by atoms with Crippen molar-refractivity contribution in [1.29, 1.82) is 0 Å². The average Bonchev–Trinajstić information content (AvgIpc) is 3.33. The summed E-state index contributed by atoms with van der Waals surface area (Å²) in [5, 5.41) is 4.58. The van der Waals surface area contributed by atoms with Gasteiger partial charge < -0.3 is 19.9 Å². The second-order valence-corrected chi connectivity index (χ2v) is 11.0. The van der Waals surface area contributed by atoms with Crippen LogP contribution in [0.3, 0.4) is 0 Å². The van der Waals surface area contributed by atoms with Crippen molar-refractivity contribution in [2.45, 2.75) is 100 Å². The number of nitrogens with one attached hydrogen (secondary N) is 2. The highest BCUT2D eigenvalue weighted by Crippen LogP contribution is 2.42. The van der Waals surface area contributed by atoms with E-state index in [0.717, 1.165) is 72.8 Å². The summed E-state index contributed by atoms with van der Waals surface area (Å²) in [5.74, 6) is 0.262. The number of H-pyrrole nitrogens is 1. The van der Waals surface area contributed by atoms with Crippen molar-refractivity contribution in [2.24, 2.45) is 11.3 Å². The molecular formula is C33H53N3O2. The lowest BCUT2D eigenvalue weighted by Crippen LogP contribution is -2.39. The fourth-order valence-electron chi connectivity index (χ4n) is 5.91. The van der Waals surface area contributed by atoms with Crippen LogP contribution in [0.1, 0.15) is 99.6 Å². The van der Waals surface area contributed by atoms with Gasteiger partial charge in [-0.05, 0) is 87.1 Å². The molecule has 0 radical (unpaired) electrons. The number of benzene rings is 1. The summed E-state index contributed by atoms with van der Waals surface area (Å²) in [6.45, 7) is 18.6. The molecule has 5 nitrogen and oxygen atoms in total. The molecule has 212 valence electrons. The highest BCUT2D eigenvalue weighted by molar-refractivity contribution is 5.98. The zero-order valence-electron chi connectivity index (χ0n) is 24.3. The molecule has 1 fully saturated rings. The lowest BCUT2D eigenvalue weighted by atomic mass is 9.75. The third kappa shape index (κ3) is 7.11. The van der Waals surface area contributed by atoms with Crippen LogP contribution in [0.25, 0.3) is 16.5 Å². The zero-order chi connectivity index (χ0) is 27.2. The van der Waals surface area contributed by atoms with E-state index in [-0.39, 0.29) is 25.4 Å². The molecule has 2 aliphatic rings. The molecule has 2 atom stereocenters. The van der Waals surface area contributed by atoms with Crippen LogP contribution in [-0.4, -0.2) is 37.2 Å². The molecule has 5 heteroatoms. The largest absolute Gasteiger partial charge is 0.391 e. The molecule has 2 N–H and O–H groups in total. The first-order valence-corrected chi connectivity index (χ1v) is 14.4. The van der Waals surface area contributed by atoms with Gasteiger partial charge in [-0.2, -0.15) is 0 Å². The van der Waals surface area contributed by atoms with Gasteiger partial charge in [0.05, 0.1) is 6.10 Å². The van der Waals surface area contributed by atoms with Crippen LogP contribution in [-0.2, 0) is 9.53 Å². The van der Waals surface area contributed by atoms with E-state index in [1.54, 1.807) is 0 Å². The predicted octanol–water partition coefficient (Wildman–Crippen LogP) is 8.48. The van der Waals surface area contributed by atoms with Gasteiger partial charge in [-0.15, -0.1) is 0 Å². The summed E-state index contributed by atoms with van der Waals surface area (Å²) in [4.78, 5) is 19.0. The maximum Gasteiger partial charge on any atom is 0.230 e. The SMILES string of the molecule is C.C=C(C1=C(NC)CC(C)(C)CC1)c1cc2ccc(N(CC)C(=O)C3CCCC(OCC)C3)cc2[nH]1.CC. The second kappa shape index (κ2) is 14.0. The second-order valence-electron chi connectivity index (χ2n) is 11.0. The Kier molecular flexibility index (Phi) is 11.7. The third-order valence-electron chi connectivity index (χ3n) is 7.94. The Morgan fingerprint density at radius 3 is 2.61 bits per heavy atom. The van der Waals surface area contributed by atoms with Gasteiger partial charge in [0, 0.05) is 54.1 Å². The summed E-state index contributed by atoms with van der Waals surface area (Å²) in [6, 6.07) is 8.50. The Labute approximate surface area is 232 Å². The number of rotatable bonds is 8. The van der Waals surface area contributed by atoms with E-state index in [0.29, 0.717) is 18.6 Å². The van der Waals surface area contributed by atoms with Crippen LogP contribution >= 0.6 is 0 Å². The molecule has 0 bridgehead atoms. The van der Waals surface area contributed by atoms with E-state index in [2.05, 4.69) is 61.9 Å². The van der Waals surface area contributed by atoms with E-state index in [4.69, 9.17) is 4.74 Å². The molecule has 1 aromatic carbocycles. The molecule has 2 aliphatic carbocycles. The summed E-state index contributed by atoms with van der Waals surface area (Å²) in [6.07, 6.45) is 7.35. The molecule has 2 unspecified atom stereocenters. The third-order valence-corrected chi connectivity index (χ3v) is 7.94. The van der Waals surface area contributed by atoms with Gasteiger partial charge in [0.25, 0.3) is 0 Å². The normalized spacial score (nSPS) is 20.7. The molecule has 1 heterocycles. The van der Waals surface area contributed by atoms with Crippen molar-refractivity contribution in [1.82, 2.24) is 10.3 Å². The molecule has 2 aromatic rings. The van der Waals surface area contributed by atoms with E-state index < -0.39 is 0 Å². The first-order chi connectivity index (χ1) is 17.8. The van der Waals surface area contributed by atoms with E-state index in [9.17, 15) is 4.79 Å². The van der Waals surface area contributed by atoms with Crippen LogP contribution in [0, 0.1) is 11.3 Å². The molecular weight excluding hydrogens is 470 g/mol. The van der Waals surface area contributed by atoms with Gasteiger partial charge in [-0.1, -0.05) is 54.2 Å². The van der Waals surface area contributed by atoms with Crippen LogP contribution in [0.5, 0.6) is 0 Å². The zero-order valence-corrected chi connectivity index (χ0v) is 24.3. The molecule has 4 rings (SSSR count). The maximum absolute atomic E-state index is 13.5. The number of carbonyl (C=O) groups excluding carboxylic acids is 1. The summed E-state index contributed by atoms with van der Waals surface area (Å²) >= 11 is 0. The number of aromatic amines is 1. The number of nitrogens with zero attached hydrogens (tertiary/aromatic N) is 1. The highest BCUT2D eigenvalue weighted by Gasteiger charge is 2.31. The Hall–Kier alpha value is -2.53. The minimum atomic E-state index is 0. The molecule has 1 amide bonds. The molecule has 38 heavy (non-hydrogen) atoms. The number of ether oxygens (including phenoxy) is 1. The van der Waals surface area contributed by atoms with Gasteiger partial charge in [-0.25, -0.2) is 0 Å². The molecule has 1 aromatic heterocycles. The van der Waals surface area contributed by atoms with Gasteiger partial charge in [-0.3, -0.25) is 4.79 Å². The van der Waals surface area contributed by atoms with Crippen molar-refractivity contribution in [2.75, 3.05) is 25.1 Å². The van der Waals surface area contributed by atoms with E-state index in [1.807, 2.05) is 32.7 Å². The van der Waals surface area contributed by atoms with Gasteiger partial charge in [0.15, 0.2) is 0 Å². The number of carbonyl (C=O) groups is 1. The number of anilines is 1. The fraction of sp³-hybridized carbons (Fsp3) is 0.606. The number of allylic oxidation sites excluding steroid dienone is 3. The van der Waals surface area contributed by atoms with Gasteiger partial charge in [0.2, 0.25) is 5.91 Å². The monoisotopic (exact) mass is 523 g/mol. The van der Waals surface area contributed by atoms with E-state index in [1.165, 1.54) is 11.3 Å². The summed E-state index contributed by atoms with van der Waals surface area (Å²) < 4.78 is 5.85. The van der Waals surface area contributed by atoms with Crippen LogP contribution in [0.4, 0.5) is 5.69 Å². The first-order valence-electron chi connectivity index (χ1n) is 14.4. The predicted molar refractivity (Wildman–Crippen MR) is 165 cm³/mol. The van der Waals surface area contributed by atoms with Gasteiger partial charge in [0.1, 0.15) is 0 Å². The summed E-state index contributed by atoms with van der Waals surface area (Å²) in [5.41, 5.74) is 7.06. The molecule has 0 aliphatic heterocycles. The smallest absolute Gasteiger partial charge is 0.230 e. The highest BCUT2D eigenvalue weighted by atomic mass is 16.5. The van der Waals surface area contributed by atoms with Crippen LogP contribution in [0.15, 0.2) is 42.1 Å². The minimum Gasteiger partial charge on any atom is -0.391 e. The Morgan fingerprint density at radius 1 is 1.21 bits per heavy atom. The van der Waals surface area contributed by atoms with Crippen LogP contribution in [0.2, 0.25) is 0 Å². The Bertz CT molecular complexity index is 1110. The lowest BCUT2D eigenvalue weighted by molar-refractivity contribution is -0.125. The van der Waals surface area contributed by atoms with E-state index >= 15 is 0 Å². The number of hydrogen-bond acceptors (Lipinski definition) is 3. The number of amides is 1. The molecule has 0 saturated heterocycles. The Balaban J connectivity index is 0.00000165. The fourth-order valence-corrected chi connectivity index (χ4v) is 5.91. The first kappa shape index (κ1) is 31.7. The van der Waals surface area contributed by atoms with Crippen molar-refractivity contribution >= 4 is 28.1 Å². The lowest BCUT2D eigenvalue weighted by Gasteiger charge is -2.33.